The van der Waals surface area contributed by atoms with Crippen molar-refractivity contribution in [1.29, 1.82) is 0 Å². The average molecular weight is 245 g/mol. The van der Waals surface area contributed by atoms with Crippen LogP contribution in [0.1, 0.15) is 11.6 Å². The maximum atomic E-state index is 12.6. The summed E-state index contributed by atoms with van der Waals surface area (Å²) in [6.45, 7) is 3.60. The fourth-order valence-corrected chi connectivity index (χ4v) is 3.03. The number of hydrogen-bond acceptors (Lipinski definition) is 3. The molecule has 0 saturated carbocycles. The summed E-state index contributed by atoms with van der Waals surface area (Å²) >= 11 is 0. The highest BCUT2D eigenvalue weighted by Crippen LogP contribution is 2.28. The van der Waals surface area contributed by atoms with Gasteiger partial charge >= 0.3 is 0 Å². The minimum Gasteiger partial charge on any atom is -0.334 e. The van der Waals surface area contributed by atoms with E-state index in [1.165, 1.54) is 0 Å². The molecule has 1 aromatic rings. The summed E-state index contributed by atoms with van der Waals surface area (Å²) in [6.07, 6.45) is 0. The first-order valence-corrected chi connectivity index (χ1v) is 6.54. The molecule has 0 aromatic heterocycles. The van der Waals surface area contributed by atoms with Gasteiger partial charge in [0.05, 0.1) is 6.04 Å². The van der Waals surface area contributed by atoms with E-state index in [4.69, 9.17) is 0 Å². The van der Waals surface area contributed by atoms with E-state index in [1.807, 2.05) is 42.3 Å². The molecule has 0 spiro atoms. The summed E-state index contributed by atoms with van der Waals surface area (Å²) in [5, 5.41) is 3.36. The molecule has 2 atom stereocenters. The SMILES string of the molecule is CN1CC2CNCCN2C(=O)C1c1ccccc1. The number of fused-ring (bicyclic) bond motifs is 1. The number of piperazine rings is 2. The molecule has 2 aliphatic heterocycles. The molecular formula is C14H19N3O. The van der Waals surface area contributed by atoms with E-state index in [1.54, 1.807) is 0 Å². The van der Waals surface area contributed by atoms with Crippen LogP contribution >= 0.6 is 0 Å². The molecule has 0 bridgehead atoms. The Balaban J connectivity index is 1.89. The molecule has 0 radical (unpaired) electrons. The first-order valence-electron chi connectivity index (χ1n) is 6.54. The summed E-state index contributed by atoms with van der Waals surface area (Å²) < 4.78 is 0. The number of carbonyl (C=O) groups excluding carboxylic acids is 1. The maximum Gasteiger partial charge on any atom is 0.244 e. The maximum absolute atomic E-state index is 12.6. The minimum atomic E-state index is -0.111. The van der Waals surface area contributed by atoms with Crippen molar-refractivity contribution in [2.45, 2.75) is 12.1 Å². The normalized spacial score (nSPS) is 29.2. The fraction of sp³-hybridized carbons (Fsp3) is 0.500. The number of nitrogens with zero attached hydrogens (tertiary/aromatic N) is 2. The largest absolute Gasteiger partial charge is 0.334 e. The number of amides is 1. The monoisotopic (exact) mass is 245 g/mol. The van der Waals surface area contributed by atoms with Crippen molar-refractivity contribution in [2.75, 3.05) is 33.2 Å². The van der Waals surface area contributed by atoms with Crippen LogP contribution in [0, 0.1) is 0 Å². The lowest BCUT2D eigenvalue weighted by Gasteiger charge is -2.46. The summed E-state index contributed by atoms with van der Waals surface area (Å²) in [5.41, 5.74) is 1.10. The molecule has 18 heavy (non-hydrogen) atoms. The van der Waals surface area contributed by atoms with Crippen molar-refractivity contribution in [3.05, 3.63) is 35.9 Å². The van der Waals surface area contributed by atoms with Crippen LogP contribution in [-0.2, 0) is 4.79 Å². The van der Waals surface area contributed by atoms with Crippen LogP contribution in [0.15, 0.2) is 30.3 Å². The molecule has 3 rings (SSSR count). The molecule has 2 saturated heterocycles. The Kier molecular flexibility index (Phi) is 3.06. The summed E-state index contributed by atoms with van der Waals surface area (Å²) in [4.78, 5) is 16.8. The van der Waals surface area contributed by atoms with Gasteiger partial charge in [-0.05, 0) is 12.6 Å². The van der Waals surface area contributed by atoms with Gasteiger partial charge in [-0.2, -0.15) is 0 Å². The minimum absolute atomic E-state index is 0.111. The predicted molar refractivity (Wildman–Crippen MR) is 70.2 cm³/mol. The van der Waals surface area contributed by atoms with Gasteiger partial charge in [0.25, 0.3) is 0 Å². The van der Waals surface area contributed by atoms with Crippen LogP contribution in [0.25, 0.3) is 0 Å². The fourth-order valence-electron chi connectivity index (χ4n) is 3.03. The van der Waals surface area contributed by atoms with Gasteiger partial charge in [-0.25, -0.2) is 0 Å². The van der Waals surface area contributed by atoms with Gasteiger partial charge in [0.2, 0.25) is 5.91 Å². The lowest BCUT2D eigenvalue weighted by atomic mass is 9.98. The van der Waals surface area contributed by atoms with Crippen molar-refractivity contribution < 1.29 is 4.79 Å². The van der Waals surface area contributed by atoms with E-state index in [2.05, 4.69) is 10.2 Å². The second kappa shape index (κ2) is 4.71. The molecule has 1 N–H and O–H groups in total. The van der Waals surface area contributed by atoms with Gasteiger partial charge in [-0.3, -0.25) is 9.69 Å². The molecule has 4 nitrogen and oxygen atoms in total. The smallest absolute Gasteiger partial charge is 0.244 e. The molecule has 2 aliphatic rings. The second-order valence-electron chi connectivity index (χ2n) is 5.14. The Morgan fingerprint density at radius 3 is 2.83 bits per heavy atom. The zero-order valence-electron chi connectivity index (χ0n) is 10.7. The van der Waals surface area contributed by atoms with Gasteiger partial charge in [-0.1, -0.05) is 30.3 Å². The Labute approximate surface area is 108 Å². The third-order valence-electron chi connectivity index (χ3n) is 3.92. The van der Waals surface area contributed by atoms with Crippen LogP contribution in [0.4, 0.5) is 0 Å². The number of likely N-dealkylation sites (N-methyl/N-ethyl adjacent to an activating group) is 1. The quantitative estimate of drug-likeness (QED) is 0.781. The van der Waals surface area contributed by atoms with Crippen molar-refractivity contribution >= 4 is 5.91 Å². The van der Waals surface area contributed by atoms with Gasteiger partial charge in [-0.15, -0.1) is 0 Å². The number of rotatable bonds is 1. The van der Waals surface area contributed by atoms with E-state index >= 15 is 0 Å². The molecule has 2 heterocycles. The zero-order valence-corrected chi connectivity index (χ0v) is 10.7. The lowest BCUT2D eigenvalue weighted by Crippen LogP contribution is -2.63. The van der Waals surface area contributed by atoms with Gasteiger partial charge in [0.1, 0.15) is 6.04 Å². The number of nitrogens with one attached hydrogen (secondary N) is 1. The molecule has 1 amide bonds. The highest BCUT2D eigenvalue weighted by molar-refractivity contribution is 5.84. The first kappa shape index (κ1) is 11.7. The van der Waals surface area contributed by atoms with Crippen molar-refractivity contribution in [3.8, 4) is 0 Å². The topological polar surface area (TPSA) is 35.6 Å². The zero-order chi connectivity index (χ0) is 12.5. The molecule has 2 fully saturated rings. The van der Waals surface area contributed by atoms with Crippen molar-refractivity contribution in [1.82, 2.24) is 15.1 Å². The van der Waals surface area contributed by atoms with E-state index in [9.17, 15) is 4.79 Å². The highest BCUT2D eigenvalue weighted by atomic mass is 16.2. The van der Waals surface area contributed by atoms with Gasteiger partial charge < -0.3 is 10.2 Å². The van der Waals surface area contributed by atoms with Crippen molar-refractivity contribution in [3.63, 3.8) is 0 Å². The molecular weight excluding hydrogens is 226 g/mol. The third-order valence-corrected chi connectivity index (χ3v) is 3.92. The first-order chi connectivity index (χ1) is 8.77. The van der Waals surface area contributed by atoms with Crippen LogP contribution in [-0.4, -0.2) is 55.0 Å². The Bertz CT molecular complexity index is 434. The standard InChI is InChI=1S/C14H19N3O/c1-16-10-12-9-15-7-8-17(12)14(18)13(16)11-5-3-2-4-6-11/h2-6,12-13,15H,7-10H2,1H3. The van der Waals surface area contributed by atoms with E-state index in [-0.39, 0.29) is 11.9 Å². The summed E-state index contributed by atoms with van der Waals surface area (Å²) in [5.74, 6) is 0.251. The van der Waals surface area contributed by atoms with E-state index in [0.717, 1.165) is 31.7 Å². The van der Waals surface area contributed by atoms with Crippen molar-refractivity contribution in [2.24, 2.45) is 0 Å². The van der Waals surface area contributed by atoms with Crippen LogP contribution in [0.2, 0.25) is 0 Å². The van der Waals surface area contributed by atoms with E-state index < -0.39 is 0 Å². The third kappa shape index (κ3) is 1.91. The Hall–Kier alpha value is -1.39. The molecule has 4 heteroatoms. The second-order valence-corrected chi connectivity index (χ2v) is 5.14. The summed E-state index contributed by atoms with van der Waals surface area (Å²) in [7, 11) is 2.04. The highest BCUT2D eigenvalue weighted by Gasteiger charge is 2.40. The molecule has 0 aliphatic carbocycles. The van der Waals surface area contributed by atoms with Crippen LogP contribution in [0.5, 0.6) is 0 Å². The van der Waals surface area contributed by atoms with Gasteiger partial charge in [0, 0.05) is 26.2 Å². The van der Waals surface area contributed by atoms with Crippen LogP contribution in [0.3, 0.4) is 0 Å². The number of hydrogen-bond donors (Lipinski definition) is 1. The summed E-state index contributed by atoms with van der Waals surface area (Å²) in [6, 6.07) is 10.3. The number of carbonyl (C=O) groups is 1. The predicted octanol–water partition coefficient (Wildman–Crippen LogP) is 0.474. The Morgan fingerprint density at radius 2 is 2.06 bits per heavy atom. The average Bonchev–Trinajstić information content (AvgIpc) is 2.40. The Morgan fingerprint density at radius 1 is 1.28 bits per heavy atom. The van der Waals surface area contributed by atoms with Gasteiger partial charge in [0.15, 0.2) is 0 Å². The lowest BCUT2D eigenvalue weighted by molar-refractivity contribution is -0.146. The van der Waals surface area contributed by atoms with E-state index in [0.29, 0.717) is 6.04 Å². The molecule has 96 valence electrons. The number of benzene rings is 1. The van der Waals surface area contributed by atoms with Crippen LogP contribution < -0.4 is 5.32 Å². The molecule has 2 unspecified atom stereocenters. The molecule has 1 aromatic carbocycles.